The molecule has 1 atom stereocenters. The van der Waals surface area contributed by atoms with Crippen LogP contribution in [0.2, 0.25) is 0 Å². The average molecular weight is 338 g/mol. The summed E-state index contributed by atoms with van der Waals surface area (Å²) < 4.78 is 1.12. The highest BCUT2D eigenvalue weighted by molar-refractivity contribution is 9.10. The molecule has 1 unspecified atom stereocenters. The van der Waals surface area contributed by atoms with Crippen molar-refractivity contribution in [1.82, 2.24) is 4.90 Å². The second-order valence-electron chi connectivity index (χ2n) is 6.32. The minimum Gasteiger partial charge on any atom is -0.391 e. The number of likely N-dealkylation sites (tertiary alicyclic amines) is 1. The summed E-state index contributed by atoms with van der Waals surface area (Å²) in [6.45, 7) is 2.35. The first kappa shape index (κ1) is 14.6. The molecule has 0 radical (unpaired) electrons. The van der Waals surface area contributed by atoms with Gasteiger partial charge >= 0.3 is 0 Å². The SMILES string of the molecule is OC(Cc1ccccc1Br)C1(N2CCCC2)CCCC1. The van der Waals surface area contributed by atoms with E-state index in [9.17, 15) is 5.11 Å². The molecular weight excluding hydrogens is 314 g/mol. The summed E-state index contributed by atoms with van der Waals surface area (Å²) in [5, 5.41) is 11.0. The van der Waals surface area contributed by atoms with E-state index in [4.69, 9.17) is 0 Å². The van der Waals surface area contributed by atoms with Gasteiger partial charge in [0.05, 0.1) is 6.10 Å². The monoisotopic (exact) mass is 337 g/mol. The number of hydrogen-bond donors (Lipinski definition) is 1. The quantitative estimate of drug-likeness (QED) is 0.904. The van der Waals surface area contributed by atoms with Crippen molar-refractivity contribution in [3.8, 4) is 0 Å². The summed E-state index contributed by atoms with van der Waals surface area (Å²) in [6, 6.07) is 8.29. The molecular formula is C17H24BrNO. The Balaban J connectivity index is 1.79. The van der Waals surface area contributed by atoms with Gasteiger partial charge in [0.2, 0.25) is 0 Å². The van der Waals surface area contributed by atoms with Gasteiger partial charge in [0.15, 0.2) is 0 Å². The molecule has 1 saturated carbocycles. The Morgan fingerprint density at radius 1 is 1.10 bits per heavy atom. The van der Waals surface area contributed by atoms with Crippen molar-refractivity contribution in [1.29, 1.82) is 0 Å². The maximum absolute atomic E-state index is 11.0. The van der Waals surface area contributed by atoms with Crippen LogP contribution in [0, 0.1) is 0 Å². The number of benzene rings is 1. The molecule has 0 spiro atoms. The van der Waals surface area contributed by atoms with Crippen LogP contribution in [0.1, 0.15) is 44.1 Å². The van der Waals surface area contributed by atoms with Crippen LogP contribution in [-0.4, -0.2) is 34.7 Å². The zero-order valence-corrected chi connectivity index (χ0v) is 13.6. The molecule has 1 aliphatic carbocycles. The third-order valence-corrected chi connectivity index (χ3v) is 5.97. The molecule has 0 bridgehead atoms. The van der Waals surface area contributed by atoms with Gasteiger partial charge in [0.1, 0.15) is 0 Å². The molecule has 1 N–H and O–H groups in total. The highest BCUT2D eigenvalue weighted by Gasteiger charge is 2.45. The Hall–Kier alpha value is -0.380. The van der Waals surface area contributed by atoms with E-state index >= 15 is 0 Å². The molecule has 20 heavy (non-hydrogen) atoms. The smallest absolute Gasteiger partial charge is 0.0764 e. The van der Waals surface area contributed by atoms with Crippen molar-refractivity contribution in [2.45, 2.75) is 56.6 Å². The van der Waals surface area contributed by atoms with Crippen LogP contribution in [0.5, 0.6) is 0 Å². The zero-order valence-electron chi connectivity index (χ0n) is 12.0. The summed E-state index contributed by atoms with van der Waals surface area (Å²) in [6.07, 6.45) is 7.97. The lowest BCUT2D eigenvalue weighted by atomic mass is 9.85. The zero-order chi connectivity index (χ0) is 14.0. The predicted octanol–water partition coefficient (Wildman–Crippen LogP) is 3.76. The standard InChI is InChI=1S/C17H24BrNO/c18-15-8-2-1-7-14(15)13-16(20)17(9-3-4-10-17)19-11-5-6-12-19/h1-2,7-8,16,20H,3-6,9-13H2. The number of hydrogen-bond acceptors (Lipinski definition) is 2. The number of aliphatic hydroxyl groups is 1. The fourth-order valence-corrected chi connectivity index (χ4v) is 4.52. The van der Waals surface area contributed by atoms with Crippen LogP contribution in [-0.2, 0) is 6.42 Å². The van der Waals surface area contributed by atoms with Gasteiger partial charge in [-0.25, -0.2) is 0 Å². The van der Waals surface area contributed by atoms with E-state index in [-0.39, 0.29) is 11.6 Å². The van der Waals surface area contributed by atoms with Crippen LogP contribution in [0.3, 0.4) is 0 Å². The van der Waals surface area contributed by atoms with Crippen molar-refractivity contribution < 1.29 is 5.11 Å². The highest BCUT2D eigenvalue weighted by Crippen LogP contribution is 2.41. The second kappa shape index (κ2) is 6.17. The van der Waals surface area contributed by atoms with E-state index in [1.165, 1.54) is 57.2 Å². The van der Waals surface area contributed by atoms with E-state index in [2.05, 4.69) is 39.0 Å². The van der Waals surface area contributed by atoms with E-state index in [0.717, 1.165) is 10.9 Å². The third-order valence-electron chi connectivity index (χ3n) is 5.20. The van der Waals surface area contributed by atoms with Gasteiger partial charge in [0.25, 0.3) is 0 Å². The minimum absolute atomic E-state index is 0.0474. The lowest BCUT2D eigenvalue weighted by Gasteiger charge is -2.43. The first-order valence-electron chi connectivity index (χ1n) is 7.89. The van der Waals surface area contributed by atoms with Crippen molar-refractivity contribution in [2.75, 3.05) is 13.1 Å². The number of rotatable bonds is 4. The Bertz CT molecular complexity index is 450. The van der Waals surface area contributed by atoms with Gasteiger partial charge in [0, 0.05) is 16.4 Å². The fraction of sp³-hybridized carbons (Fsp3) is 0.647. The van der Waals surface area contributed by atoms with Crippen LogP contribution in [0.4, 0.5) is 0 Å². The molecule has 2 nitrogen and oxygen atoms in total. The second-order valence-corrected chi connectivity index (χ2v) is 7.17. The maximum Gasteiger partial charge on any atom is 0.0764 e. The third kappa shape index (κ3) is 2.68. The predicted molar refractivity (Wildman–Crippen MR) is 85.9 cm³/mol. The van der Waals surface area contributed by atoms with Gasteiger partial charge in [-0.15, -0.1) is 0 Å². The minimum atomic E-state index is -0.248. The lowest BCUT2D eigenvalue weighted by Crippen LogP contribution is -2.54. The Kier molecular flexibility index (Phi) is 4.49. The van der Waals surface area contributed by atoms with Gasteiger partial charge < -0.3 is 5.11 Å². The molecule has 1 aliphatic heterocycles. The summed E-state index contributed by atoms with van der Waals surface area (Å²) >= 11 is 3.61. The first-order valence-corrected chi connectivity index (χ1v) is 8.68. The van der Waals surface area contributed by atoms with Crippen LogP contribution < -0.4 is 0 Å². The molecule has 3 rings (SSSR count). The van der Waals surface area contributed by atoms with E-state index in [0.29, 0.717) is 0 Å². The normalized spacial score (nSPS) is 24.1. The van der Waals surface area contributed by atoms with Crippen LogP contribution in [0.25, 0.3) is 0 Å². The molecule has 2 aliphatic rings. The first-order chi connectivity index (χ1) is 9.72. The van der Waals surface area contributed by atoms with E-state index < -0.39 is 0 Å². The summed E-state index contributed by atoms with van der Waals surface area (Å²) in [5.74, 6) is 0. The van der Waals surface area contributed by atoms with Gasteiger partial charge in [-0.3, -0.25) is 4.90 Å². The van der Waals surface area contributed by atoms with Gasteiger partial charge in [-0.05, 0) is 50.4 Å². The molecule has 1 aromatic rings. The topological polar surface area (TPSA) is 23.5 Å². The Labute approximate surface area is 130 Å². The van der Waals surface area contributed by atoms with Crippen molar-refractivity contribution in [3.05, 3.63) is 34.3 Å². The van der Waals surface area contributed by atoms with Gasteiger partial charge in [-0.2, -0.15) is 0 Å². The molecule has 0 amide bonds. The molecule has 1 heterocycles. The van der Waals surface area contributed by atoms with Crippen LogP contribution in [0.15, 0.2) is 28.7 Å². The molecule has 2 fully saturated rings. The molecule has 3 heteroatoms. The Morgan fingerprint density at radius 3 is 2.40 bits per heavy atom. The summed E-state index contributed by atoms with van der Waals surface area (Å²) in [4.78, 5) is 2.58. The molecule has 1 saturated heterocycles. The van der Waals surface area contributed by atoms with Crippen molar-refractivity contribution in [3.63, 3.8) is 0 Å². The summed E-state index contributed by atoms with van der Waals surface area (Å²) in [7, 11) is 0. The van der Waals surface area contributed by atoms with Crippen LogP contribution >= 0.6 is 15.9 Å². The van der Waals surface area contributed by atoms with Gasteiger partial charge in [-0.1, -0.05) is 47.0 Å². The number of nitrogens with zero attached hydrogens (tertiary/aromatic N) is 1. The van der Waals surface area contributed by atoms with Crippen molar-refractivity contribution in [2.24, 2.45) is 0 Å². The fourth-order valence-electron chi connectivity index (χ4n) is 4.07. The van der Waals surface area contributed by atoms with E-state index in [1.54, 1.807) is 0 Å². The number of halogens is 1. The summed E-state index contributed by atoms with van der Waals surface area (Å²) in [5.41, 5.74) is 1.27. The average Bonchev–Trinajstić information content (AvgIpc) is 3.12. The Morgan fingerprint density at radius 2 is 1.75 bits per heavy atom. The van der Waals surface area contributed by atoms with E-state index in [1.807, 2.05) is 6.07 Å². The lowest BCUT2D eigenvalue weighted by molar-refractivity contribution is -0.0172. The maximum atomic E-state index is 11.0. The molecule has 0 aromatic heterocycles. The highest BCUT2D eigenvalue weighted by atomic mass is 79.9. The van der Waals surface area contributed by atoms with Crippen molar-refractivity contribution >= 4 is 15.9 Å². The molecule has 1 aromatic carbocycles. The molecule has 110 valence electrons. The largest absolute Gasteiger partial charge is 0.391 e. The number of aliphatic hydroxyl groups excluding tert-OH is 1.